The molecule has 0 unspecified atom stereocenters. The lowest BCUT2D eigenvalue weighted by molar-refractivity contribution is -0.128. The summed E-state index contributed by atoms with van der Waals surface area (Å²) in [6.45, 7) is 10.5. The van der Waals surface area contributed by atoms with Crippen LogP contribution in [0.1, 0.15) is 42.5 Å². The van der Waals surface area contributed by atoms with E-state index in [1.165, 1.54) is 15.2 Å². The van der Waals surface area contributed by atoms with Gasteiger partial charge in [-0.25, -0.2) is 0 Å². The largest absolute Gasteiger partial charge is 0.462 e. The Morgan fingerprint density at radius 3 is 2.72 bits per heavy atom. The zero-order chi connectivity index (χ0) is 36.7. The Morgan fingerprint density at radius 2 is 1.89 bits per heavy atom. The highest BCUT2D eigenvalue weighted by Crippen LogP contribution is 2.37. The van der Waals surface area contributed by atoms with Gasteiger partial charge in [0.05, 0.1) is 42.4 Å². The molecule has 0 bridgehead atoms. The predicted octanol–water partition coefficient (Wildman–Crippen LogP) is 7.02. The second-order valence-electron chi connectivity index (χ2n) is 13.9. The van der Waals surface area contributed by atoms with Gasteiger partial charge >= 0.3 is 6.01 Å². The van der Waals surface area contributed by atoms with Crippen molar-refractivity contribution in [3.63, 3.8) is 0 Å². The Kier molecular flexibility index (Phi) is 12.3. The van der Waals surface area contributed by atoms with Crippen LogP contribution in [0, 0.1) is 14.9 Å². The van der Waals surface area contributed by atoms with Crippen LogP contribution in [0.3, 0.4) is 0 Å². The number of halogens is 2. The lowest BCUT2D eigenvalue weighted by atomic mass is 10.0. The fourth-order valence-corrected chi connectivity index (χ4v) is 8.73. The third-order valence-electron chi connectivity index (χ3n) is 10.6. The number of amides is 1. The van der Waals surface area contributed by atoms with Crippen molar-refractivity contribution in [2.75, 3.05) is 62.3 Å². The smallest absolute Gasteiger partial charge is 0.318 e. The lowest BCUT2D eigenvalue weighted by Gasteiger charge is -2.42. The Labute approximate surface area is 330 Å². The first-order valence-electron chi connectivity index (χ1n) is 18.5. The van der Waals surface area contributed by atoms with Gasteiger partial charge < -0.3 is 24.2 Å². The monoisotopic (exact) mass is 845 g/mol. The first-order valence-corrected chi connectivity index (χ1v) is 19.9. The van der Waals surface area contributed by atoms with Gasteiger partial charge in [-0.3, -0.25) is 9.69 Å². The van der Waals surface area contributed by atoms with Crippen molar-refractivity contribution in [3.05, 3.63) is 98.7 Å². The molecule has 1 aromatic heterocycles. The van der Waals surface area contributed by atoms with E-state index < -0.39 is 0 Å². The summed E-state index contributed by atoms with van der Waals surface area (Å²) in [6.07, 6.45) is 5.45. The number of piperazine rings is 1. The molecule has 2 fully saturated rings. The molecule has 3 aliphatic rings. The molecule has 2 saturated heterocycles. The van der Waals surface area contributed by atoms with E-state index in [4.69, 9.17) is 31.0 Å². The number of aromatic nitrogens is 2. The van der Waals surface area contributed by atoms with E-state index in [0.29, 0.717) is 52.0 Å². The molecule has 7 rings (SSSR count). The van der Waals surface area contributed by atoms with Crippen molar-refractivity contribution in [1.29, 1.82) is 5.26 Å². The zero-order valence-electron chi connectivity index (χ0n) is 29.9. The summed E-state index contributed by atoms with van der Waals surface area (Å²) in [5, 5.41) is 12.5. The highest BCUT2D eigenvalue weighted by atomic mass is 127. The third-order valence-corrected chi connectivity index (χ3v) is 12.0. The highest BCUT2D eigenvalue weighted by Gasteiger charge is 2.34. The average molecular weight is 846 g/mol. The molecule has 0 saturated carbocycles. The number of hydrogen-bond acceptors (Lipinski definition) is 9. The fraction of sp³-hybridized carbons (Fsp3) is 0.415. The van der Waals surface area contributed by atoms with E-state index in [9.17, 15) is 10.1 Å². The molecule has 4 heterocycles. The van der Waals surface area contributed by atoms with Crippen LogP contribution in [-0.4, -0.2) is 90.2 Å². The number of anilines is 2. The Balaban J connectivity index is 1.09. The maximum absolute atomic E-state index is 12.7. The number of rotatable bonds is 13. The second-order valence-corrected chi connectivity index (χ2v) is 15.4. The van der Waals surface area contributed by atoms with Crippen LogP contribution in [0.2, 0.25) is 5.02 Å². The molecule has 3 aromatic carbocycles. The minimum atomic E-state index is -0.264. The molecule has 3 aliphatic heterocycles. The minimum absolute atomic E-state index is 0.151. The van der Waals surface area contributed by atoms with Gasteiger partial charge in [-0.2, -0.15) is 15.2 Å². The molecule has 1 amide bonds. The standard InChI is InChI=1S/C41H45ClIN7O3/c1-2-38(51)50-23-22-49(25-31(50)16-18-44)40-33-17-21-48(37-15-6-11-29-10-5-13-34(42)39(29)37)26-36(33)45-41(46-40)53-28-32-12-7-19-47(32)20-8-24-52-27-30-9-3-4-14-35(30)43/h2-6,9-11,13-15,31-32H,1,7-8,12,16-17,19-28H2/t31-,32-/m0/s1. The van der Waals surface area contributed by atoms with Crippen LogP contribution in [0.25, 0.3) is 10.8 Å². The normalized spacial score (nSPS) is 18.9. The summed E-state index contributed by atoms with van der Waals surface area (Å²) in [5.41, 5.74) is 4.32. The Bertz CT molecular complexity index is 1980. The SMILES string of the molecule is C=CC(=O)N1CCN(c2nc(OC[C@@H]3CCCN3CCCOCc3ccccc3I)nc3c2CCN(c2cccc4cccc(Cl)c24)C3)C[C@@H]1CC#N. The molecule has 0 aliphatic carbocycles. The number of benzene rings is 3. The van der Waals surface area contributed by atoms with Crippen LogP contribution in [0.15, 0.2) is 73.3 Å². The Hall–Kier alpha value is -3.96. The second kappa shape index (κ2) is 17.5. The quantitative estimate of drug-likeness (QED) is 0.0800. The summed E-state index contributed by atoms with van der Waals surface area (Å²) in [6, 6.07) is 23.3. The number of hydrogen-bond donors (Lipinski definition) is 0. The van der Waals surface area contributed by atoms with Gasteiger partial charge in [0.2, 0.25) is 5.91 Å². The van der Waals surface area contributed by atoms with E-state index in [2.05, 4.69) is 98.5 Å². The summed E-state index contributed by atoms with van der Waals surface area (Å²) in [4.78, 5) is 31.6. The molecular formula is C41H45ClIN7O3. The van der Waals surface area contributed by atoms with Crippen molar-refractivity contribution in [2.45, 2.75) is 57.3 Å². The number of carbonyl (C=O) groups excluding carboxylic acids is 1. The van der Waals surface area contributed by atoms with Gasteiger partial charge in [0, 0.05) is 65.6 Å². The van der Waals surface area contributed by atoms with Crippen LogP contribution in [-0.2, 0) is 29.1 Å². The van der Waals surface area contributed by atoms with Gasteiger partial charge in [0.15, 0.2) is 0 Å². The molecule has 0 spiro atoms. The summed E-state index contributed by atoms with van der Waals surface area (Å²) < 4.78 is 13.8. The molecule has 0 radical (unpaired) electrons. The van der Waals surface area contributed by atoms with Gasteiger partial charge in [0.1, 0.15) is 12.4 Å². The van der Waals surface area contributed by atoms with Crippen molar-refractivity contribution in [1.82, 2.24) is 19.8 Å². The van der Waals surface area contributed by atoms with E-state index in [0.717, 1.165) is 83.9 Å². The van der Waals surface area contributed by atoms with E-state index in [-0.39, 0.29) is 24.4 Å². The van der Waals surface area contributed by atoms with Gasteiger partial charge in [-0.1, -0.05) is 60.6 Å². The molecule has 276 valence electrons. The Morgan fingerprint density at radius 1 is 1.04 bits per heavy atom. The predicted molar refractivity (Wildman–Crippen MR) is 217 cm³/mol. The average Bonchev–Trinajstić information content (AvgIpc) is 3.64. The molecule has 10 nitrogen and oxygen atoms in total. The van der Waals surface area contributed by atoms with Crippen LogP contribution < -0.4 is 14.5 Å². The zero-order valence-corrected chi connectivity index (χ0v) is 32.8. The fourth-order valence-electron chi connectivity index (χ4n) is 7.91. The lowest BCUT2D eigenvalue weighted by Crippen LogP contribution is -2.55. The summed E-state index contributed by atoms with van der Waals surface area (Å²) >= 11 is 9.12. The molecule has 53 heavy (non-hydrogen) atoms. The van der Waals surface area contributed by atoms with Crippen molar-refractivity contribution >= 4 is 62.4 Å². The van der Waals surface area contributed by atoms with Crippen molar-refractivity contribution in [2.24, 2.45) is 0 Å². The van der Waals surface area contributed by atoms with Crippen LogP contribution in [0.4, 0.5) is 11.5 Å². The maximum Gasteiger partial charge on any atom is 0.318 e. The first kappa shape index (κ1) is 37.4. The van der Waals surface area contributed by atoms with Crippen molar-refractivity contribution in [3.8, 4) is 12.1 Å². The third kappa shape index (κ3) is 8.56. The molecular weight excluding hydrogens is 801 g/mol. The molecule has 0 N–H and O–H groups in total. The van der Waals surface area contributed by atoms with Gasteiger partial charge in [-0.15, -0.1) is 0 Å². The number of likely N-dealkylation sites (tertiary alicyclic amines) is 1. The summed E-state index contributed by atoms with van der Waals surface area (Å²) in [7, 11) is 0. The number of fused-ring (bicyclic) bond motifs is 2. The molecule has 2 atom stereocenters. The number of ether oxygens (including phenoxy) is 2. The topological polar surface area (TPSA) is 98.1 Å². The van der Waals surface area contributed by atoms with Crippen LogP contribution >= 0.6 is 34.2 Å². The van der Waals surface area contributed by atoms with E-state index in [1.54, 1.807) is 4.90 Å². The minimum Gasteiger partial charge on any atom is -0.462 e. The first-order chi connectivity index (χ1) is 25.9. The maximum atomic E-state index is 12.7. The highest BCUT2D eigenvalue weighted by molar-refractivity contribution is 14.1. The molecule has 4 aromatic rings. The number of carbonyl (C=O) groups is 1. The number of nitriles is 1. The van der Waals surface area contributed by atoms with Crippen LogP contribution in [0.5, 0.6) is 6.01 Å². The molecule has 12 heteroatoms. The van der Waals surface area contributed by atoms with E-state index in [1.807, 2.05) is 12.1 Å². The van der Waals surface area contributed by atoms with Crippen molar-refractivity contribution < 1.29 is 14.3 Å². The summed E-state index contributed by atoms with van der Waals surface area (Å²) in [5.74, 6) is 0.685. The number of nitrogens with zero attached hydrogens (tertiary/aromatic N) is 7. The van der Waals surface area contributed by atoms with E-state index >= 15 is 0 Å². The van der Waals surface area contributed by atoms with Gasteiger partial charge in [0.25, 0.3) is 0 Å². The van der Waals surface area contributed by atoms with Gasteiger partial charge in [-0.05, 0) is 90.0 Å².